The number of esters is 1. The van der Waals surface area contributed by atoms with E-state index in [1.807, 2.05) is 13.0 Å². The third-order valence-electron chi connectivity index (χ3n) is 3.12. The Morgan fingerprint density at radius 1 is 1.30 bits per heavy atom. The molecule has 0 aliphatic heterocycles. The molecule has 5 heteroatoms. The molecule has 0 saturated heterocycles. The molecule has 2 atom stereocenters. The van der Waals surface area contributed by atoms with Gasteiger partial charge in [0.05, 0.1) is 26.2 Å². The van der Waals surface area contributed by atoms with E-state index in [0.717, 1.165) is 0 Å². The highest BCUT2D eigenvalue weighted by atomic mass is 16.5. The SMILES string of the molecule is CCC(CO)NC(CC(=O)OC)C(=O)c1ccccc1. The minimum atomic E-state index is -0.693. The van der Waals surface area contributed by atoms with E-state index in [-0.39, 0.29) is 24.9 Å². The highest BCUT2D eigenvalue weighted by Gasteiger charge is 2.25. The Kier molecular flexibility index (Phi) is 6.90. The van der Waals surface area contributed by atoms with Crippen molar-refractivity contribution >= 4 is 11.8 Å². The molecule has 0 radical (unpaired) electrons. The lowest BCUT2D eigenvalue weighted by Crippen LogP contribution is -2.46. The zero-order valence-electron chi connectivity index (χ0n) is 11.8. The summed E-state index contributed by atoms with van der Waals surface area (Å²) in [6.45, 7) is 1.81. The summed E-state index contributed by atoms with van der Waals surface area (Å²) in [7, 11) is 1.29. The van der Waals surface area contributed by atoms with Crippen molar-refractivity contribution in [2.75, 3.05) is 13.7 Å². The Hall–Kier alpha value is -1.72. The van der Waals surface area contributed by atoms with Crippen LogP contribution in [-0.4, -0.2) is 42.7 Å². The van der Waals surface area contributed by atoms with E-state index in [0.29, 0.717) is 12.0 Å². The molecule has 0 spiro atoms. The molecule has 1 rings (SSSR count). The van der Waals surface area contributed by atoms with E-state index >= 15 is 0 Å². The van der Waals surface area contributed by atoms with Crippen LogP contribution in [0.1, 0.15) is 30.1 Å². The highest BCUT2D eigenvalue weighted by molar-refractivity contribution is 6.01. The van der Waals surface area contributed by atoms with Crippen LogP contribution in [0.15, 0.2) is 30.3 Å². The number of nitrogens with one attached hydrogen (secondary N) is 1. The number of methoxy groups -OCH3 is 1. The molecule has 20 heavy (non-hydrogen) atoms. The van der Waals surface area contributed by atoms with Crippen molar-refractivity contribution in [1.82, 2.24) is 5.32 Å². The second-order valence-corrected chi connectivity index (χ2v) is 4.52. The van der Waals surface area contributed by atoms with Crippen LogP contribution in [-0.2, 0) is 9.53 Å². The minimum Gasteiger partial charge on any atom is -0.469 e. The first-order valence-electron chi connectivity index (χ1n) is 6.65. The van der Waals surface area contributed by atoms with Crippen molar-refractivity contribution in [3.63, 3.8) is 0 Å². The summed E-state index contributed by atoms with van der Waals surface area (Å²) >= 11 is 0. The molecule has 0 amide bonds. The van der Waals surface area contributed by atoms with Crippen molar-refractivity contribution < 1.29 is 19.4 Å². The lowest BCUT2D eigenvalue weighted by molar-refractivity contribution is -0.141. The van der Waals surface area contributed by atoms with E-state index in [9.17, 15) is 14.7 Å². The quantitative estimate of drug-likeness (QED) is 0.552. The largest absolute Gasteiger partial charge is 0.469 e. The predicted molar refractivity (Wildman–Crippen MR) is 75.5 cm³/mol. The number of hydrogen-bond donors (Lipinski definition) is 2. The molecule has 110 valence electrons. The molecule has 1 aromatic carbocycles. The van der Waals surface area contributed by atoms with Gasteiger partial charge in [0.15, 0.2) is 5.78 Å². The summed E-state index contributed by atoms with van der Waals surface area (Å²) in [6.07, 6.45) is 0.608. The first-order valence-corrected chi connectivity index (χ1v) is 6.65. The van der Waals surface area contributed by atoms with Crippen molar-refractivity contribution in [1.29, 1.82) is 0 Å². The molecule has 0 aromatic heterocycles. The molecule has 0 saturated carbocycles. The van der Waals surface area contributed by atoms with Gasteiger partial charge in [-0.25, -0.2) is 0 Å². The Bertz CT molecular complexity index is 429. The number of Topliss-reactive ketones (excluding diaryl/α,β-unsaturated/α-hetero) is 1. The maximum absolute atomic E-state index is 12.4. The maximum atomic E-state index is 12.4. The fourth-order valence-electron chi connectivity index (χ4n) is 1.87. The van der Waals surface area contributed by atoms with E-state index in [1.165, 1.54) is 7.11 Å². The van der Waals surface area contributed by atoms with Crippen LogP contribution >= 0.6 is 0 Å². The number of ether oxygens (including phenoxy) is 1. The van der Waals surface area contributed by atoms with Crippen LogP contribution < -0.4 is 5.32 Å². The number of ketones is 1. The van der Waals surface area contributed by atoms with Crippen molar-refractivity contribution in [3.05, 3.63) is 35.9 Å². The Morgan fingerprint density at radius 2 is 1.95 bits per heavy atom. The second kappa shape index (κ2) is 8.45. The first kappa shape index (κ1) is 16.3. The van der Waals surface area contributed by atoms with Gasteiger partial charge in [-0.3, -0.25) is 9.59 Å². The first-order chi connectivity index (χ1) is 9.62. The van der Waals surface area contributed by atoms with Crippen molar-refractivity contribution in [3.8, 4) is 0 Å². The fraction of sp³-hybridized carbons (Fsp3) is 0.467. The van der Waals surface area contributed by atoms with Crippen LogP contribution in [0.2, 0.25) is 0 Å². The van der Waals surface area contributed by atoms with Crippen LogP contribution in [0, 0.1) is 0 Å². The molecule has 2 N–H and O–H groups in total. The highest BCUT2D eigenvalue weighted by Crippen LogP contribution is 2.09. The smallest absolute Gasteiger partial charge is 0.307 e. The molecule has 1 aromatic rings. The van der Waals surface area contributed by atoms with Crippen molar-refractivity contribution in [2.24, 2.45) is 0 Å². The van der Waals surface area contributed by atoms with Crippen LogP contribution in [0.25, 0.3) is 0 Å². The summed E-state index contributed by atoms with van der Waals surface area (Å²) in [5, 5.41) is 12.2. The normalized spacial score (nSPS) is 13.6. The molecule has 5 nitrogen and oxygen atoms in total. The molecule has 2 unspecified atom stereocenters. The standard InChI is InChI=1S/C15H21NO4/c1-3-12(10-17)16-13(9-14(18)20-2)15(19)11-7-5-4-6-8-11/h4-8,12-13,16-17H,3,9-10H2,1-2H3. The van der Waals surface area contributed by atoms with Gasteiger partial charge in [-0.2, -0.15) is 0 Å². The lowest BCUT2D eigenvalue weighted by atomic mass is 10.0. The third-order valence-corrected chi connectivity index (χ3v) is 3.12. The van der Waals surface area contributed by atoms with Crippen LogP contribution in [0.4, 0.5) is 0 Å². The Labute approximate surface area is 118 Å². The van der Waals surface area contributed by atoms with Gasteiger partial charge in [-0.05, 0) is 6.42 Å². The second-order valence-electron chi connectivity index (χ2n) is 4.52. The number of hydrogen-bond acceptors (Lipinski definition) is 5. The monoisotopic (exact) mass is 279 g/mol. The number of rotatable bonds is 8. The molecule has 0 bridgehead atoms. The number of aliphatic hydroxyl groups excluding tert-OH is 1. The zero-order chi connectivity index (χ0) is 15.0. The summed E-state index contributed by atoms with van der Waals surface area (Å²) < 4.78 is 4.62. The van der Waals surface area contributed by atoms with Gasteiger partial charge < -0.3 is 15.2 Å². The fourth-order valence-corrected chi connectivity index (χ4v) is 1.87. The van der Waals surface area contributed by atoms with Gasteiger partial charge in [-0.15, -0.1) is 0 Å². The lowest BCUT2D eigenvalue weighted by Gasteiger charge is -2.22. The van der Waals surface area contributed by atoms with Gasteiger partial charge in [0.25, 0.3) is 0 Å². The third kappa shape index (κ3) is 4.75. The average molecular weight is 279 g/mol. The topological polar surface area (TPSA) is 75.6 Å². The molecule has 0 heterocycles. The van der Waals surface area contributed by atoms with E-state index in [1.54, 1.807) is 24.3 Å². The number of carbonyl (C=O) groups excluding carboxylic acids is 2. The number of aliphatic hydroxyl groups is 1. The number of carbonyl (C=O) groups is 2. The van der Waals surface area contributed by atoms with Crippen LogP contribution in [0.5, 0.6) is 0 Å². The maximum Gasteiger partial charge on any atom is 0.307 e. The summed E-state index contributed by atoms with van der Waals surface area (Å²) in [6, 6.07) is 7.85. The molecule has 0 aliphatic carbocycles. The minimum absolute atomic E-state index is 0.0548. The predicted octanol–water partition coefficient (Wildman–Crippen LogP) is 1.16. The van der Waals surface area contributed by atoms with E-state index < -0.39 is 12.0 Å². The van der Waals surface area contributed by atoms with Crippen molar-refractivity contribution in [2.45, 2.75) is 31.8 Å². The van der Waals surface area contributed by atoms with Gasteiger partial charge in [-0.1, -0.05) is 37.3 Å². The zero-order valence-corrected chi connectivity index (χ0v) is 11.8. The molecular weight excluding hydrogens is 258 g/mol. The summed E-state index contributed by atoms with van der Waals surface area (Å²) in [5.41, 5.74) is 0.529. The average Bonchev–Trinajstić information content (AvgIpc) is 2.51. The summed E-state index contributed by atoms with van der Waals surface area (Å²) in [5.74, 6) is -0.637. The number of benzene rings is 1. The Balaban J connectivity index is 2.86. The van der Waals surface area contributed by atoms with E-state index in [4.69, 9.17) is 0 Å². The molecular formula is C15H21NO4. The molecule has 0 fully saturated rings. The van der Waals surface area contributed by atoms with E-state index in [2.05, 4.69) is 10.1 Å². The van der Waals surface area contributed by atoms with Gasteiger partial charge >= 0.3 is 5.97 Å². The molecule has 0 aliphatic rings. The van der Waals surface area contributed by atoms with Gasteiger partial charge in [0, 0.05) is 11.6 Å². The Morgan fingerprint density at radius 3 is 2.45 bits per heavy atom. The summed E-state index contributed by atoms with van der Waals surface area (Å²) in [4.78, 5) is 23.9. The van der Waals surface area contributed by atoms with Crippen LogP contribution in [0.3, 0.4) is 0 Å². The van der Waals surface area contributed by atoms with Gasteiger partial charge in [0.2, 0.25) is 0 Å². The van der Waals surface area contributed by atoms with Gasteiger partial charge in [0.1, 0.15) is 0 Å².